The number of hydrogen-bond acceptors (Lipinski definition) is 2. The third kappa shape index (κ3) is 10.3. The van der Waals surface area contributed by atoms with E-state index in [2.05, 4.69) is 172 Å². The van der Waals surface area contributed by atoms with Crippen molar-refractivity contribution in [3.8, 4) is 11.1 Å². The molecule has 8 aromatic rings. The van der Waals surface area contributed by atoms with E-state index in [0.29, 0.717) is 0 Å². The standard InChI is InChI=1S/C58H52O2.2W/c1-39-4-24-56-52(25-39)21-22-53(32-48-19-17-44(18-20-48)28-43-9-15-47(16-10-43)31-51-37-60-38-51)58(56)57-34-49(33-54-26-40(2)3-23-55(54)57)29-45-11-5-41(6-12-45)27-42-7-13-46(14-8-42)30-50-35-59-36-50;;/h3-26,33-34H,27-32,35-38H2,1-2H3;;/q-2;;. The second-order valence-corrected chi connectivity index (χ2v) is 17.5. The van der Waals surface area contributed by atoms with Gasteiger partial charge in [0.2, 0.25) is 0 Å². The van der Waals surface area contributed by atoms with Crippen molar-refractivity contribution in [2.45, 2.75) is 52.4 Å². The van der Waals surface area contributed by atoms with Gasteiger partial charge >= 0.3 is 0 Å². The van der Waals surface area contributed by atoms with Gasteiger partial charge in [-0.3, -0.25) is 11.8 Å². The molecule has 0 bridgehead atoms. The van der Waals surface area contributed by atoms with Gasteiger partial charge in [0.15, 0.2) is 0 Å². The molecule has 2 aliphatic heterocycles. The van der Waals surface area contributed by atoms with Crippen molar-refractivity contribution in [1.82, 2.24) is 0 Å². The monoisotopic (exact) mass is 1150 g/mol. The Kier molecular flexibility index (Phi) is 14.2. The zero-order valence-electron chi connectivity index (χ0n) is 35.7. The first-order valence-corrected chi connectivity index (χ1v) is 21.6. The van der Waals surface area contributed by atoms with E-state index in [-0.39, 0.29) is 42.1 Å². The zero-order valence-corrected chi connectivity index (χ0v) is 41.6. The fourth-order valence-electron chi connectivity index (χ4n) is 9.12. The summed E-state index contributed by atoms with van der Waals surface area (Å²) < 4.78 is 10.7. The molecule has 0 radical (unpaired) electrons. The summed E-state index contributed by atoms with van der Waals surface area (Å²) in [4.78, 5) is 0. The second kappa shape index (κ2) is 20.0. The smallest absolute Gasteiger partial charge is 0 e. The summed E-state index contributed by atoms with van der Waals surface area (Å²) in [5.74, 6) is 2.98. The average Bonchev–Trinajstić information content (AvgIpc) is 3.23. The Balaban J connectivity index is 0.00000264. The van der Waals surface area contributed by atoms with E-state index < -0.39 is 0 Å². The molecular weight excluding hydrogens is 1100 g/mol. The van der Waals surface area contributed by atoms with Crippen molar-refractivity contribution >= 4 is 21.5 Å². The minimum atomic E-state index is 0. The van der Waals surface area contributed by atoms with Gasteiger partial charge in [-0.15, -0.1) is 12.8 Å². The maximum absolute atomic E-state index is 5.34. The summed E-state index contributed by atoms with van der Waals surface area (Å²) in [5.41, 5.74) is 18.7. The summed E-state index contributed by atoms with van der Waals surface area (Å²) in [6, 6.07) is 60.4. The van der Waals surface area contributed by atoms with Crippen LogP contribution in [0.2, 0.25) is 0 Å². The van der Waals surface area contributed by atoms with E-state index in [9.17, 15) is 0 Å². The molecule has 4 heteroatoms. The van der Waals surface area contributed by atoms with Crippen LogP contribution in [0.15, 0.2) is 158 Å². The van der Waals surface area contributed by atoms with E-state index >= 15 is 0 Å². The van der Waals surface area contributed by atoms with Crippen LogP contribution in [0.25, 0.3) is 32.7 Å². The van der Waals surface area contributed by atoms with E-state index in [4.69, 9.17) is 9.47 Å². The first kappa shape index (κ1) is 44.2. The number of rotatable bonds is 13. The summed E-state index contributed by atoms with van der Waals surface area (Å²) >= 11 is 0. The van der Waals surface area contributed by atoms with E-state index in [1.54, 1.807) is 0 Å². The summed E-state index contributed by atoms with van der Waals surface area (Å²) in [5, 5.41) is 5.21. The van der Waals surface area contributed by atoms with Crippen LogP contribution in [0.1, 0.15) is 66.8 Å². The predicted octanol–water partition coefficient (Wildman–Crippen LogP) is 12.9. The molecule has 0 saturated carbocycles. The Morgan fingerprint density at radius 1 is 0.371 bits per heavy atom. The fourth-order valence-corrected chi connectivity index (χ4v) is 9.12. The van der Waals surface area contributed by atoms with Crippen LogP contribution in [0.4, 0.5) is 0 Å². The SMILES string of the molecule is Cc1ccc2c(-c3c(Cc4ccc(Cc5ccc(C[C-]6COC6)cc5)cc4)ccc4cc(C)ccc34)cc(Cc3ccc(Cc4ccc(C[C-]5COC5)cc4)cc3)cc2c1.[W].[W]. The molecule has 0 unspecified atom stereocenters. The van der Waals surface area contributed by atoms with Crippen LogP contribution >= 0.6 is 0 Å². The van der Waals surface area contributed by atoms with Crippen LogP contribution in [-0.4, -0.2) is 26.4 Å². The Bertz CT molecular complexity index is 2760. The Labute approximate surface area is 396 Å². The molecule has 62 heavy (non-hydrogen) atoms. The Morgan fingerprint density at radius 3 is 1.23 bits per heavy atom. The van der Waals surface area contributed by atoms with E-state index in [0.717, 1.165) is 65.0 Å². The van der Waals surface area contributed by atoms with Gasteiger partial charge in [0.1, 0.15) is 0 Å². The Hall–Kier alpha value is -4.42. The first-order valence-electron chi connectivity index (χ1n) is 21.6. The van der Waals surface area contributed by atoms with Gasteiger partial charge in [-0.1, -0.05) is 206 Å². The maximum atomic E-state index is 5.34. The van der Waals surface area contributed by atoms with Crippen LogP contribution < -0.4 is 0 Å². The van der Waals surface area contributed by atoms with Crippen LogP contribution in [0, 0.1) is 25.7 Å². The number of benzene rings is 8. The minimum Gasteiger partial charge on any atom is -0.444 e. The van der Waals surface area contributed by atoms with Gasteiger partial charge in [-0.05, 0) is 117 Å². The molecule has 310 valence electrons. The van der Waals surface area contributed by atoms with Crippen molar-refractivity contribution in [2.75, 3.05) is 26.4 Å². The van der Waals surface area contributed by atoms with Gasteiger partial charge in [-0.2, -0.15) is 0 Å². The molecule has 0 amide bonds. The zero-order chi connectivity index (χ0) is 40.4. The molecule has 2 aliphatic rings. The molecule has 10 rings (SSSR count). The van der Waals surface area contributed by atoms with Crippen molar-refractivity contribution in [1.29, 1.82) is 0 Å². The summed E-state index contributed by atoms with van der Waals surface area (Å²) in [6.45, 7) is 7.68. The predicted molar refractivity (Wildman–Crippen MR) is 249 cm³/mol. The van der Waals surface area contributed by atoms with Crippen LogP contribution in [-0.2, 0) is 90.1 Å². The van der Waals surface area contributed by atoms with Gasteiger partial charge in [0.25, 0.3) is 0 Å². The van der Waals surface area contributed by atoms with Crippen molar-refractivity contribution in [3.63, 3.8) is 0 Å². The van der Waals surface area contributed by atoms with Gasteiger partial charge in [0, 0.05) is 42.1 Å². The Morgan fingerprint density at radius 2 is 0.774 bits per heavy atom. The van der Waals surface area contributed by atoms with E-state index in [1.165, 1.54) is 111 Å². The molecule has 0 N–H and O–H groups in total. The summed E-state index contributed by atoms with van der Waals surface area (Å²) in [6.07, 6.45) is 5.70. The van der Waals surface area contributed by atoms with Crippen molar-refractivity contribution in [3.05, 3.63) is 236 Å². The molecule has 2 nitrogen and oxygen atoms in total. The minimum absolute atomic E-state index is 0. The molecule has 2 fully saturated rings. The quantitative estimate of drug-likeness (QED) is 0.107. The average molecular weight is 1150 g/mol. The normalized spacial score (nSPS) is 13.9. The maximum Gasteiger partial charge on any atom is 0 e. The number of ether oxygens (including phenoxy) is 2. The molecule has 0 aliphatic carbocycles. The molecule has 0 spiro atoms. The van der Waals surface area contributed by atoms with Gasteiger partial charge < -0.3 is 9.47 Å². The van der Waals surface area contributed by atoms with E-state index in [1.807, 2.05) is 0 Å². The summed E-state index contributed by atoms with van der Waals surface area (Å²) in [7, 11) is 0. The molecular formula is C58H52O2W2-2. The number of aryl methyl sites for hydroxylation is 2. The third-order valence-electron chi connectivity index (χ3n) is 12.5. The van der Waals surface area contributed by atoms with Crippen molar-refractivity contribution < 1.29 is 51.6 Å². The molecule has 2 heterocycles. The molecule has 8 aromatic carbocycles. The number of fused-ring (bicyclic) bond motifs is 2. The molecule has 2 saturated heterocycles. The molecule has 0 atom stereocenters. The molecule has 0 aromatic heterocycles. The largest absolute Gasteiger partial charge is 0.444 e. The topological polar surface area (TPSA) is 18.5 Å². The van der Waals surface area contributed by atoms with Crippen LogP contribution in [0.5, 0.6) is 0 Å². The van der Waals surface area contributed by atoms with Crippen molar-refractivity contribution in [2.24, 2.45) is 0 Å². The van der Waals surface area contributed by atoms with Gasteiger partial charge in [0.05, 0.1) is 0 Å². The van der Waals surface area contributed by atoms with Gasteiger partial charge in [-0.25, -0.2) is 0 Å². The number of hydrogen-bond donors (Lipinski definition) is 0. The fraction of sp³-hybridized carbons (Fsp3) is 0.207. The second-order valence-electron chi connectivity index (χ2n) is 17.5. The third-order valence-corrected chi connectivity index (χ3v) is 12.5. The first-order chi connectivity index (χ1) is 29.4. The van der Waals surface area contributed by atoms with Crippen LogP contribution in [0.3, 0.4) is 0 Å².